The Bertz CT molecular complexity index is 719. The average molecular weight is 385 g/mol. The summed E-state index contributed by atoms with van der Waals surface area (Å²) in [6.07, 6.45) is 3.88. The number of rotatable bonds is 8. The Kier molecular flexibility index (Phi) is 7.66. The molecule has 1 aliphatic heterocycles. The number of aryl methyl sites for hydroxylation is 1. The highest BCUT2D eigenvalue weighted by Gasteiger charge is 2.16. The number of para-hydroxylation sites is 1. The first-order valence-electron chi connectivity index (χ1n) is 10.1. The molecule has 8 heteroatoms. The van der Waals surface area contributed by atoms with Crippen LogP contribution in [0.25, 0.3) is 0 Å². The van der Waals surface area contributed by atoms with Crippen LogP contribution in [-0.4, -0.2) is 71.9 Å². The number of anilines is 1. The van der Waals surface area contributed by atoms with Crippen molar-refractivity contribution in [2.45, 2.75) is 19.4 Å². The number of benzene rings is 1. The van der Waals surface area contributed by atoms with Crippen LogP contribution in [0.15, 0.2) is 41.7 Å². The summed E-state index contributed by atoms with van der Waals surface area (Å²) in [6, 6.07) is 10.7. The Balaban J connectivity index is 1.26. The molecular weight excluding hydrogens is 352 g/mol. The molecule has 3 rings (SSSR count). The summed E-state index contributed by atoms with van der Waals surface area (Å²) in [7, 11) is 3.68. The molecule has 0 aliphatic carbocycles. The van der Waals surface area contributed by atoms with Gasteiger partial charge >= 0.3 is 0 Å². The van der Waals surface area contributed by atoms with Gasteiger partial charge in [0, 0.05) is 52.5 Å². The first kappa shape index (κ1) is 20.1. The van der Waals surface area contributed by atoms with Crippen molar-refractivity contribution in [3.05, 3.63) is 42.5 Å². The molecule has 0 amide bonds. The van der Waals surface area contributed by atoms with Gasteiger partial charge in [-0.15, -0.1) is 0 Å². The van der Waals surface area contributed by atoms with E-state index in [0.717, 1.165) is 57.5 Å². The van der Waals surface area contributed by atoms with Crippen molar-refractivity contribution < 1.29 is 0 Å². The number of nitrogens with zero attached hydrogens (tertiary/aromatic N) is 6. The van der Waals surface area contributed by atoms with E-state index in [1.54, 1.807) is 18.1 Å². The molecule has 1 aromatic carbocycles. The molecule has 2 aromatic rings. The summed E-state index contributed by atoms with van der Waals surface area (Å²) in [4.78, 5) is 13.5. The molecule has 2 N–H and O–H groups in total. The zero-order valence-electron chi connectivity index (χ0n) is 17.0. The van der Waals surface area contributed by atoms with E-state index in [2.05, 4.69) is 65.8 Å². The van der Waals surface area contributed by atoms with E-state index >= 15 is 0 Å². The molecule has 0 unspecified atom stereocenters. The minimum Gasteiger partial charge on any atom is -0.369 e. The van der Waals surface area contributed by atoms with Crippen molar-refractivity contribution in [3.63, 3.8) is 0 Å². The Morgan fingerprint density at radius 3 is 2.54 bits per heavy atom. The zero-order valence-corrected chi connectivity index (χ0v) is 17.0. The summed E-state index contributed by atoms with van der Waals surface area (Å²) >= 11 is 0. The van der Waals surface area contributed by atoms with Crippen molar-refractivity contribution in [1.82, 2.24) is 30.3 Å². The van der Waals surface area contributed by atoms with Crippen LogP contribution in [0, 0.1) is 0 Å². The van der Waals surface area contributed by atoms with Gasteiger partial charge in [0.1, 0.15) is 12.2 Å². The highest BCUT2D eigenvalue weighted by Crippen LogP contribution is 2.15. The van der Waals surface area contributed by atoms with Crippen LogP contribution in [-0.2, 0) is 13.6 Å². The van der Waals surface area contributed by atoms with Crippen LogP contribution in [0.5, 0.6) is 0 Å². The number of unbranched alkanes of at least 4 members (excludes halogenated alkanes) is 1. The fourth-order valence-electron chi connectivity index (χ4n) is 3.40. The highest BCUT2D eigenvalue weighted by molar-refractivity contribution is 5.79. The van der Waals surface area contributed by atoms with Gasteiger partial charge < -0.3 is 15.5 Å². The quantitative estimate of drug-likeness (QED) is 0.403. The van der Waals surface area contributed by atoms with Gasteiger partial charge in [0.05, 0.1) is 6.54 Å². The van der Waals surface area contributed by atoms with E-state index < -0.39 is 0 Å². The topological polar surface area (TPSA) is 73.6 Å². The zero-order chi connectivity index (χ0) is 19.6. The molecule has 1 aliphatic rings. The summed E-state index contributed by atoms with van der Waals surface area (Å²) in [5, 5.41) is 10.7. The van der Waals surface area contributed by atoms with Crippen molar-refractivity contribution in [2.24, 2.45) is 12.0 Å². The summed E-state index contributed by atoms with van der Waals surface area (Å²) in [5.41, 5.74) is 1.34. The normalized spacial score (nSPS) is 15.6. The fraction of sp³-hybridized carbons (Fsp3) is 0.550. The lowest BCUT2D eigenvalue weighted by Crippen LogP contribution is -2.46. The van der Waals surface area contributed by atoms with Crippen LogP contribution in [0.2, 0.25) is 0 Å². The van der Waals surface area contributed by atoms with Gasteiger partial charge in [-0.05, 0) is 31.5 Å². The van der Waals surface area contributed by atoms with Gasteiger partial charge in [0.15, 0.2) is 5.96 Å². The van der Waals surface area contributed by atoms with E-state index in [9.17, 15) is 0 Å². The Morgan fingerprint density at radius 2 is 1.86 bits per heavy atom. The number of aromatic nitrogens is 3. The predicted molar refractivity (Wildman–Crippen MR) is 114 cm³/mol. The average Bonchev–Trinajstić information content (AvgIpc) is 3.16. The molecule has 0 spiro atoms. The molecule has 8 nitrogen and oxygen atoms in total. The van der Waals surface area contributed by atoms with Crippen LogP contribution >= 0.6 is 0 Å². The van der Waals surface area contributed by atoms with Gasteiger partial charge in [-0.1, -0.05) is 18.2 Å². The maximum atomic E-state index is 4.26. The fourth-order valence-corrected chi connectivity index (χ4v) is 3.40. The van der Waals surface area contributed by atoms with Gasteiger partial charge in [0.25, 0.3) is 0 Å². The Hall–Kier alpha value is -2.61. The number of hydrogen-bond acceptors (Lipinski definition) is 5. The van der Waals surface area contributed by atoms with E-state index in [4.69, 9.17) is 0 Å². The number of piperazine rings is 1. The molecule has 0 bridgehead atoms. The van der Waals surface area contributed by atoms with Crippen molar-refractivity contribution in [1.29, 1.82) is 0 Å². The Labute approximate surface area is 167 Å². The Morgan fingerprint density at radius 1 is 1.07 bits per heavy atom. The van der Waals surface area contributed by atoms with Gasteiger partial charge in [0.2, 0.25) is 0 Å². The predicted octanol–water partition coefficient (Wildman–Crippen LogP) is 1.08. The number of aliphatic imine (C=N–C) groups is 1. The molecule has 1 saturated heterocycles. The van der Waals surface area contributed by atoms with Crippen LogP contribution in [0.1, 0.15) is 18.7 Å². The lowest BCUT2D eigenvalue weighted by atomic mass is 10.2. The van der Waals surface area contributed by atoms with E-state index in [1.807, 2.05) is 7.05 Å². The molecule has 2 heterocycles. The third-order valence-corrected chi connectivity index (χ3v) is 5.13. The summed E-state index contributed by atoms with van der Waals surface area (Å²) < 4.78 is 1.76. The second-order valence-corrected chi connectivity index (χ2v) is 7.02. The number of nitrogens with one attached hydrogen (secondary N) is 2. The van der Waals surface area contributed by atoms with Crippen molar-refractivity contribution in [2.75, 3.05) is 51.2 Å². The van der Waals surface area contributed by atoms with Gasteiger partial charge in [-0.25, -0.2) is 4.98 Å². The van der Waals surface area contributed by atoms with Crippen molar-refractivity contribution in [3.8, 4) is 0 Å². The van der Waals surface area contributed by atoms with E-state index in [-0.39, 0.29) is 0 Å². The molecule has 152 valence electrons. The second kappa shape index (κ2) is 10.7. The maximum absolute atomic E-state index is 4.26. The number of hydrogen-bond donors (Lipinski definition) is 2. The van der Waals surface area contributed by atoms with Crippen LogP contribution < -0.4 is 15.5 Å². The molecule has 0 saturated carbocycles. The lowest BCUT2D eigenvalue weighted by molar-refractivity contribution is 0.253. The molecule has 0 radical (unpaired) electrons. The third-order valence-electron chi connectivity index (χ3n) is 5.13. The maximum Gasteiger partial charge on any atom is 0.191 e. The largest absolute Gasteiger partial charge is 0.369 e. The molecule has 1 fully saturated rings. The molecule has 28 heavy (non-hydrogen) atoms. The SMILES string of the molecule is CN=C(NCCCCN1CCN(c2ccccc2)CC1)NCc1ncnn1C. The molecule has 0 atom stereocenters. The minimum atomic E-state index is 0.613. The van der Waals surface area contributed by atoms with Crippen LogP contribution in [0.3, 0.4) is 0 Å². The monoisotopic (exact) mass is 384 g/mol. The van der Waals surface area contributed by atoms with Gasteiger partial charge in [-0.2, -0.15) is 5.10 Å². The summed E-state index contributed by atoms with van der Waals surface area (Å²) in [6.45, 7) is 7.20. The van der Waals surface area contributed by atoms with E-state index in [1.165, 1.54) is 12.1 Å². The van der Waals surface area contributed by atoms with Gasteiger partial charge in [-0.3, -0.25) is 14.6 Å². The summed E-state index contributed by atoms with van der Waals surface area (Å²) in [5.74, 6) is 1.69. The lowest BCUT2D eigenvalue weighted by Gasteiger charge is -2.36. The standard InChI is InChI=1S/C20H32N8/c1-21-20(23-16-19-24-17-25-26(19)2)22-10-6-7-11-27-12-14-28(15-13-27)18-8-4-3-5-9-18/h3-5,8-9,17H,6-7,10-16H2,1-2H3,(H2,21,22,23). The number of guanidine groups is 1. The van der Waals surface area contributed by atoms with Crippen LogP contribution in [0.4, 0.5) is 5.69 Å². The molecular formula is C20H32N8. The first-order valence-corrected chi connectivity index (χ1v) is 10.1. The highest BCUT2D eigenvalue weighted by atomic mass is 15.3. The second-order valence-electron chi connectivity index (χ2n) is 7.02. The smallest absolute Gasteiger partial charge is 0.191 e. The third kappa shape index (κ3) is 5.95. The van der Waals surface area contributed by atoms with E-state index in [0.29, 0.717) is 6.54 Å². The minimum absolute atomic E-state index is 0.613. The molecule has 1 aromatic heterocycles. The van der Waals surface area contributed by atoms with Crippen molar-refractivity contribution >= 4 is 11.6 Å². The first-order chi connectivity index (χ1) is 13.8.